The monoisotopic (exact) mass is 349 g/mol. The average molecular weight is 350 g/mol. The van der Waals surface area contributed by atoms with Gasteiger partial charge in [-0.3, -0.25) is 0 Å². The Bertz CT molecular complexity index is 239. The number of amides is 1. The second-order valence-electron chi connectivity index (χ2n) is 6.30. The van der Waals surface area contributed by atoms with Gasteiger partial charge in [0.1, 0.15) is 5.60 Å². The Balaban J connectivity index is 3.19. The lowest BCUT2D eigenvalue weighted by atomic mass is 10.1. The van der Waals surface area contributed by atoms with E-state index in [2.05, 4.69) is 21.2 Å². The summed E-state index contributed by atoms with van der Waals surface area (Å²) in [6.07, 6.45) is 11.3. The molecule has 0 spiro atoms. The summed E-state index contributed by atoms with van der Waals surface area (Å²) in [6.45, 7) is 6.36. The lowest BCUT2D eigenvalue weighted by molar-refractivity contribution is 0.0527. The Morgan fingerprint density at radius 2 is 1.35 bits per heavy atom. The summed E-state index contributed by atoms with van der Waals surface area (Å²) in [4.78, 5) is 11.4. The number of alkyl carbamates (subject to hydrolysis) is 1. The average Bonchev–Trinajstić information content (AvgIpc) is 2.34. The van der Waals surface area contributed by atoms with Crippen LogP contribution < -0.4 is 5.32 Å². The van der Waals surface area contributed by atoms with E-state index in [0.717, 1.165) is 18.3 Å². The van der Waals surface area contributed by atoms with Crippen LogP contribution in [0, 0.1) is 0 Å². The first-order chi connectivity index (χ1) is 9.45. The van der Waals surface area contributed by atoms with E-state index in [1.54, 1.807) is 0 Å². The second-order valence-corrected chi connectivity index (χ2v) is 7.09. The quantitative estimate of drug-likeness (QED) is 0.399. The van der Waals surface area contributed by atoms with E-state index in [9.17, 15) is 4.79 Å². The zero-order valence-electron chi connectivity index (χ0n) is 13.5. The molecule has 20 heavy (non-hydrogen) atoms. The molecule has 0 aromatic carbocycles. The lowest BCUT2D eigenvalue weighted by Gasteiger charge is -2.19. The highest BCUT2D eigenvalue weighted by Crippen LogP contribution is 2.10. The van der Waals surface area contributed by atoms with Gasteiger partial charge in [0.25, 0.3) is 0 Å². The zero-order chi connectivity index (χ0) is 15.3. The van der Waals surface area contributed by atoms with Crippen LogP contribution in [-0.4, -0.2) is 23.6 Å². The Labute approximate surface area is 133 Å². The number of nitrogens with one attached hydrogen (secondary N) is 1. The summed E-state index contributed by atoms with van der Waals surface area (Å²) in [5, 5.41) is 3.94. The summed E-state index contributed by atoms with van der Waals surface area (Å²) in [6, 6.07) is 0. The molecule has 0 aliphatic heterocycles. The van der Waals surface area contributed by atoms with Gasteiger partial charge < -0.3 is 10.1 Å². The van der Waals surface area contributed by atoms with Crippen LogP contribution in [0.3, 0.4) is 0 Å². The van der Waals surface area contributed by atoms with E-state index in [4.69, 9.17) is 4.74 Å². The van der Waals surface area contributed by atoms with Crippen LogP contribution in [0.25, 0.3) is 0 Å². The second kappa shape index (κ2) is 12.5. The highest BCUT2D eigenvalue weighted by Gasteiger charge is 2.15. The van der Waals surface area contributed by atoms with Gasteiger partial charge in [-0.2, -0.15) is 0 Å². The number of carbonyl (C=O) groups is 1. The molecule has 0 aliphatic rings. The molecule has 0 bridgehead atoms. The van der Waals surface area contributed by atoms with Gasteiger partial charge in [-0.1, -0.05) is 60.9 Å². The maximum absolute atomic E-state index is 11.4. The van der Waals surface area contributed by atoms with Crippen molar-refractivity contribution < 1.29 is 9.53 Å². The molecule has 4 heteroatoms. The minimum Gasteiger partial charge on any atom is -0.444 e. The van der Waals surface area contributed by atoms with E-state index in [1.807, 2.05) is 20.8 Å². The van der Waals surface area contributed by atoms with Crippen LogP contribution in [0.1, 0.15) is 78.6 Å². The standard InChI is InChI=1S/C16H32BrNO2/c1-16(2,3)20-15(19)18-14-12-10-8-6-4-5-7-9-11-13-17/h4-14H2,1-3H3,(H,18,19). The molecule has 0 radical (unpaired) electrons. The van der Waals surface area contributed by atoms with Crippen LogP contribution in [0.2, 0.25) is 0 Å². The fraction of sp³-hybridized carbons (Fsp3) is 0.938. The predicted molar refractivity (Wildman–Crippen MR) is 89.6 cm³/mol. The van der Waals surface area contributed by atoms with Crippen molar-refractivity contribution in [3.63, 3.8) is 0 Å². The smallest absolute Gasteiger partial charge is 0.407 e. The topological polar surface area (TPSA) is 38.3 Å². The van der Waals surface area contributed by atoms with E-state index in [1.165, 1.54) is 51.4 Å². The van der Waals surface area contributed by atoms with Crippen LogP contribution in [0.5, 0.6) is 0 Å². The molecule has 120 valence electrons. The van der Waals surface area contributed by atoms with Gasteiger partial charge in [-0.05, 0) is 33.6 Å². The first-order valence-electron chi connectivity index (χ1n) is 7.98. The maximum Gasteiger partial charge on any atom is 0.407 e. The molecule has 0 saturated heterocycles. The molecule has 0 heterocycles. The van der Waals surface area contributed by atoms with Gasteiger partial charge in [-0.25, -0.2) is 4.79 Å². The highest BCUT2D eigenvalue weighted by molar-refractivity contribution is 9.09. The predicted octanol–water partition coefficient (Wildman–Crippen LogP) is 5.42. The molecule has 0 aromatic heterocycles. The molecule has 0 aliphatic carbocycles. The van der Waals surface area contributed by atoms with E-state index in [0.29, 0.717) is 0 Å². The number of ether oxygens (including phenoxy) is 1. The van der Waals surface area contributed by atoms with Crippen molar-refractivity contribution >= 4 is 22.0 Å². The Kier molecular flexibility index (Phi) is 12.3. The Hall–Kier alpha value is -0.250. The maximum atomic E-state index is 11.4. The highest BCUT2D eigenvalue weighted by atomic mass is 79.9. The zero-order valence-corrected chi connectivity index (χ0v) is 15.1. The molecule has 0 fully saturated rings. The van der Waals surface area contributed by atoms with E-state index >= 15 is 0 Å². The van der Waals surface area contributed by atoms with Crippen molar-refractivity contribution in [2.45, 2.75) is 84.2 Å². The largest absolute Gasteiger partial charge is 0.444 e. The van der Waals surface area contributed by atoms with Gasteiger partial charge in [0.05, 0.1) is 0 Å². The molecule has 3 nitrogen and oxygen atoms in total. The Morgan fingerprint density at radius 3 is 1.80 bits per heavy atom. The normalized spacial score (nSPS) is 11.4. The molecule has 0 saturated carbocycles. The summed E-state index contributed by atoms with van der Waals surface area (Å²) >= 11 is 3.45. The third-order valence-electron chi connectivity index (χ3n) is 2.98. The van der Waals surface area contributed by atoms with Crippen molar-refractivity contribution in [2.75, 3.05) is 11.9 Å². The molecular weight excluding hydrogens is 318 g/mol. The van der Waals surface area contributed by atoms with Crippen LogP contribution in [0.15, 0.2) is 0 Å². The fourth-order valence-corrected chi connectivity index (χ4v) is 2.36. The number of rotatable bonds is 11. The molecule has 0 rings (SSSR count). The van der Waals surface area contributed by atoms with Gasteiger partial charge in [0.2, 0.25) is 0 Å². The van der Waals surface area contributed by atoms with Gasteiger partial charge in [0.15, 0.2) is 0 Å². The first-order valence-corrected chi connectivity index (χ1v) is 9.10. The van der Waals surface area contributed by atoms with Gasteiger partial charge in [0, 0.05) is 11.9 Å². The van der Waals surface area contributed by atoms with Crippen LogP contribution in [0.4, 0.5) is 4.79 Å². The molecule has 0 unspecified atom stereocenters. The fourth-order valence-electron chi connectivity index (χ4n) is 1.96. The van der Waals surface area contributed by atoms with E-state index < -0.39 is 5.60 Å². The number of alkyl halides is 1. The Morgan fingerprint density at radius 1 is 0.900 bits per heavy atom. The molecule has 0 atom stereocenters. The molecule has 1 amide bonds. The van der Waals surface area contributed by atoms with Crippen molar-refractivity contribution in [3.05, 3.63) is 0 Å². The minimum atomic E-state index is -0.404. The third kappa shape index (κ3) is 15.8. The summed E-state index contributed by atoms with van der Waals surface area (Å²) in [5.41, 5.74) is -0.404. The summed E-state index contributed by atoms with van der Waals surface area (Å²) < 4.78 is 5.18. The van der Waals surface area contributed by atoms with Crippen molar-refractivity contribution in [1.82, 2.24) is 5.32 Å². The number of halogens is 1. The number of hydrogen-bond donors (Lipinski definition) is 1. The summed E-state index contributed by atoms with van der Waals surface area (Å²) in [5.74, 6) is 0. The van der Waals surface area contributed by atoms with Crippen molar-refractivity contribution in [1.29, 1.82) is 0 Å². The van der Waals surface area contributed by atoms with E-state index in [-0.39, 0.29) is 6.09 Å². The lowest BCUT2D eigenvalue weighted by Crippen LogP contribution is -2.32. The SMILES string of the molecule is CC(C)(C)OC(=O)NCCCCCCCCCCCBr. The van der Waals surface area contributed by atoms with Gasteiger partial charge >= 0.3 is 6.09 Å². The molecule has 1 N–H and O–H groups in total. The number of carbonyl (C=O) groups excluding carboxylic acids is 1. The number of hydrogen-bond acceptors (Lipinski definition) is 2. The number of unbranched alkanes of at least 4 members (excludes halogenated alkanes) is 8. The van der Waals surface area contributed by atoms with Gasteiger partial charge in [-0.15, -0.1) is 0 Å². The minimum absolute atomic E-state index is 0.302. The van der Waals surface area contributed by atoms with Crippen molar-refractivity contribution in [3.8, 4) is 0 Å². The summed E-state index contributed by atoms with van der Waals surface area (Å²) in [7, 11) is 0. The van der Waals surface area contributed by atoms with Crippen LogP contribution in [-0.2, 0) is 4.74 Å². The van der Waals surface area contributed by atoms with Crippen molar-refractivity contribution in [2.24, 2.45) is 0 Å². The molecule has 0 aromatic rings. The first kappa shape index (κ1) is 19.8. The third-order valence-corrected chi connectivity index (χ3v) is 3.54. The molecular formula is C16H32BrNO2. The van der Waals surface area contributed by atoms with Crippen LogP contribution >= 0.6 is 15.9 Å².